The lowest BCUT2D eigenvalue weighted by molar-refractivity contribution is 0.0636. The lowest BCUT2D eigenvalue weighted by Gasteiger charge is -2.19. The van der Waals surface area contributed by atoms with Crippen LogP contribution in [0, 0.1) is 0 Å². The van der Waals surface area contributed by atoms with E-state index >= 15 is 0 Å². The van der Waals surface area contributed by atoms with Gasteiger partial charge >= 0.3 is 6.09 Å². The van der Waals surface area contributed by atoms with Gasteiger partial charge in [0.2, 0.25) is 0 Å². The van der Waals surface area contributed by atoms with Crippen LogP contribution in [0.3, 0.4) is 0 Å². The molecule has 164 valence electrons. The van der Waals surface area contributed by atoms with E-state index in [4.69, 9.17) is 4.74 Å². The van der Waals surface area contributed by atoms with Crippen LogP contribution in [-0.4, -0.2) is 50.3 Å². The van der Waals surface area contributed by atoms with E-state index in [0.717, 1.165) is 35.3 Å². The molecule has 2 aromatic rings. The molecule has 2 rings (SSSR count). The van der Waals surface area contributed by atoms with E-state index in [9.17, 15) is 4.79 Å². The number of carbonyl (C=O) groups excluding carboxylic acids is 1. The van der Waals surface area contributed by atoms with Crippen molar-refractivity contribution in [3.05, 3.63) is 40.9 Å². The number of rotatable bonds is 7. The van der Waals surface area contributed by atoms with Crippen molar-refractivity contribution < 1.29 is 9.53 Å². The second-order valence-electron chi connectivity index (χ2n) is 7.94. The van der Waals surface area contributed by atoms with Gasteiger partial charge in [0.1, 0.15) is 5.60 Å². The summed E-state index contributed by atoms with van der Waals surface area (Å²) in [5.41, 5.74) is 2.33. The fraction of sp³-hybridized carbons (Fsp3) is 0.476. The second kappa shape index (κ2) is 10.8. The summed E-state index contributed by atoms with van der Waals surface area (Å²) in [6.45, 7) is 6.86. The summed E-state index contributed by atoms with van der Waals surface area (Å²) >= 11 is 1.62. The van der Waals surface area contributed by atoms with Gasteiger partial charge in [-0.1, -0.05) is 12.1 Å². The monoisotopic (exact) mass is 432 g/mol. The summed E-state index contributed by atoms with van der Waals surface area (Å²) in [4.78, 5) is 22.6. The molecule has 0 atom stereocenters. The Hall–Kier alpha value is -2.81. The normalized spacial score (nSPS) is 11.7. The van der Waals surface area contributed by atoms with Crippen LogP contribution in [0.4, 0.5) is 15.6 Å². The number of thiazole rings is 1. The minimum absolute atomic E-state index is 0.454. The first-order chi connectivity index (χ1) is 14.2. The largest absolute Gasteiger partial charge is 0.444 e. The van der Waals surface area contributed by atoms with Crippen molar-refractivity contribution in [1.29, 1.82) is 0 Å². The maximum Gasteiger partial charge on any atom is 0.412 e. The number of anilines is 2. The van der Waals surface area contributed by atoms with Gasteiger partial charge in [0.05, 0.1) is 12.2 Å². The van der Waals surface area contributed by atoms with E-state index in [-0.39, 0.29) is 0 Å². The highest BCUT2D eigenvalue weighted by molar-refractivity contribution is 7.13. The standard InChI is InChI=1S/C21H32N6O2S/c1-21(2,3)29-20(28)26-16-9-7-15(8-10-16)11-12-23-18(22-4)24-13-17-14-30-19(25-17)27(5)6/h7-10,14H,11-13H2,1-6H3,(H,26,28)(H2,22,23,24). The summed E-state index contributed by atoms with van der Waals surface area (Å²) in [5, 5.41) is 12.3. The zero-order valence-corrected chi connectivity index (χ0v) is 19.4. The summed E-state index contributed by atoms with van der Waals surface area (Å²) in [5.74, 6) is 0.734. The first kappa shape index (κ1) is 23.5. The van der Waals surface area contributed by atoms with Gasteiger partial charge in [-0.05, 0) is 44.9 Å². The molecule has 0 aliphatic heterocycles. The molecule has 1 aromatic carbocycles. The van der Waals surface area contributed by atoms with Crippen molar-refractivity contribution in [1.82, 2.24) is 15.6 Å². The van der Waals surface area contributed by atoms with Crippen molar-refractivity contribution >= 4 is 34.2 Å². The molecule has 1 aromatic heterocycles. The Morgan fingerprint density at radius 3 is 2.47 bits per heavy atom. The molecule has 0 saturated heterocycles. The number of aliphatic imine (C=N–C) groups is 1. The van der Waals surface area contributed by atoms with Crippen LogP contribution in [0.25, 0.3) is 0 Å². The smallest absolute Gasteiger partial charge is 0.412 e. The molecular formula is C21H32N6O2S. The Bertz CT molecular complexity index is 840. The van der Waals surface area contributed by atoms with Crippen LogP contribution in [0.5, 0.6) is 0 Å². The Labute approximate surface area is 182 Å². The molecule has 0 radical (unpaired) electrons. The van der Waals surface area contributed by atoms with E-state index in [1.165, 1.54) is 0 Å². The highest BCUT2D eigenvalue weighted by Crippen LogP contribution is 2.17. The van der Waals surface area contributed by atoms with Gasteiger partial charge in [0.25, 0.3) is 0 Å². The van der Waals surface area contributed by atoms with E-state index in [2.05, 4.69) is 25.9 Å². The van der Waals surface area contributed by atoms with Gasteiger partial charge in [-0.15, -0.1) is 11.3 Å². The quantitative estimate of drug-likeness (QED) is 0.458. The molecule has 30 heavy (non-hydrogen) atoms. The number of carbonyl (C=O) groups is 1. The second-order valence-corrected chi connectivity index (χ2v) is 8.78. The molecule has 3 N–H and O–H groups in total. The number of nitrogens with zero attached hydrogens (tertiary/aromatic N) is 3. The van der Waals surface area contributed by atoms with Gasteiger partial charge in [-0.3, -0.25) is 10.3 Å². The van der Waals surface area contributed by atoms with Crippen LogP contribution < -0.4 is 20.9 Å². The third-order valence-corrected chi connectivity index (χ3v) is 4.95. The van der Waals surface area contributed by atoms with E-state index in [1.807, 2.05) is 69.4 Å². The minimum Gasteiger partial charge on any atom is -0.444 e. The molecule has 0 saturated carbocycles. The number of hydrogen-bond donors (Lipinski definition) is 3. The van der Waals surface area contributed by atoms with Gasteiger partial charge < -0.3 is 20.3 Å². The number of aromatic nitrogens is 1. The molecule has 0 aliphatic rings. The van der Waals surface area contributed by atoms with E-state index < -0.39 is 11.7 Å². The summed E-state index contributed by atoms with van der Waals surface area (Å²) < 4.78 is 5.26. The number of guanidine groups is 1. The fourth-order valence-electron chi connectivity index (χ4n) is 2.48. The highest BCUT2D eigenvalue weighted by Gasteiger charge is 2.16. The summed E-state index contributed by atoms with van der Waals surface area (Å²) in [6.07, 6.45) is 0.374. The number of amides is 1. The highest BCUT2D eigenvalue weighted by atomic mass is 32.1. The average Bonchev–Trinajstić information content (AvgIpc) is 3.13. The summed E-state index contributed by atoms with van der Waals surface area (Å²) in [7, 11) is 5.71. The van der Waals surface area contributed by atoms with Crippen LogP contribution in [0.15, 0.2) is 34.6 Å². The van der Waals surface area contributed by atoms with Crippen molar-refractivity contribution in [2.75, 3.05) is 37.9 Å². The molecule has 0 spiro atoms. The maximum absolute atomic E-state index is 11.8. The lowest BCUT2D eigenvalue weighted by atomic mass is 10.1. The SMILES string of the molecule is CN=C(NCCc1ccc(NC(=O)OC(C)(C)C)cc1)NCc1csc(N(C)C)n1. The number of benzene rings is 1. The molecule has 0 fully saturated rings. The molecule has 0 bridgehead atoms. The zero-order chi connectivity index (χ0) is 22.1. The Morgan fingerprint density at radius 2 is 1.90 bits per heavy atom. The van der Waals surface area contributed by atoms with Crippen LogP contribution in [0.1, 0.15) is 32.0 Å². The maximum atomic E-state index is 11.8. The van der Waals surface area contributed by atoms with E-state index in [0.29, 0.717) is 12.2 Å². The predicted molar refractivity (Wildman–Crippen MR) is 125 cm³/mol. The van der Waals surface area contributed by atoms with Crippen molar-refractivity contribution in [2.45, 2.75) is 39.3 Å². The van der Waals surface area contributed by atoms with E-state index in [1.54, 1.807) is 18.4 Å². The first-order valence-corrected chi connectivity index (χ1v) is 10.7. The van der Waals surface area contributed by atoms with Gasteiger partial charge in [-0.2, -0.15) is 0 Å². The molecular weight excluding hydrogens is 400 g/mol. The van der Waals surface area contributed by atoms with Gasteiger partial charge in [0.15, 0.2) is 11.1 Å². The first-order valence-electron chi connectivity index (χ1n) is 9.81. The molecule has 9 heteroatoms. The van der Waals surface area contributed by atoms with Gasteiger partial charge in [-0.25, -0.2) is 9.78 Å². The van der Waals surface area contributed by atoms with Gasteiger partial charge in [0, 0.05) is 38.8 Å². The Morgan fingerprint density at radius 1 is 1.20 bits per heavy atom. The Balaban J connectivity index is 1.74. The van der Waals surface area contributed by atoms with Crippen molar-refractivity contribution in [3.8, 4) is 0 Å². The van der Waals surface area contributed by atoms with Crippen molar-refractivity contribution in [3.63, 3.8) is 0 Å². The predicted octanol–water partition coefficient (Wildman–Crippen LogP) is 3.46. The molecule has 1 heterocycles. The number of hydrogen-bond acceptors (Lipinski definition) is 6. The number of nitrogens with one attached hydrogen (secondary N) is 3. The summed E-state index contributed by atoms with van der Waals surface area (Å²) in [6, 6.07) is 7.72. The topological polar surface area (TPSA) is 90.9 Å². The average molecular weight is 433 g/mol. The number of ether oxygens (including phenoxy) is 1. The molecule has 0 unspecified atom stereocenters. The third-order valence-electron chi connectivity index (χ3n) is 3.89. The third kappa shape index (κ3) is 8.28. The Kier molecular flexibility index (Phi) is 8.46. The minimum atomic E-state index is -0.517. The zero-order valence-electron chi connectivity index (χ0n) is 18.6. The van der Waals surface area contributed by atoms with Crippen LogP contribution in [-0.2, 0) is 17.7 Å². The molecule has 8 nitrogen and oxygen atoms in total. The van der Waals surface area contributed by atoms with Crippen molar-refractivity contribution in [2.24, 2.45) is 4.99 Å². The lowest BCUT2D eigenvalue weighted by Crippen LogP contribution is -2.37. The molecule has 1 amide bonds. The fourth-order valence-corrected chi connectivity index (χ4v) is 3.24. The molecule has 0 aliphatic carbocycles. The van der Waals surface area contributed by atoms with Crippen LogP contribution >= 0.6 is 11.3 Å². The van der Waals surface area contributed by atoms with Crippen LogP contribution in [0.2, 0.25) is 0 Å².